The van der Waals surface area contributed by atoms with Gasteiger partial charge in [0.2, 0.25) is 0 Å². The molecule has 1 aliphatic carbocycles. The first-order chi connectivity index (χ1) is 18.2. The molecule has 4 nitrogen and oxygen atoms in total. The molecule has 190 valence electrons. The number of nitrogens with zero attached hydrogens (tertiary/aromatic N) is 2. The Bertz CT molecular complexity index is 1770. The van der Waals surface area contributed by atoms with Crippen molar-refractivity contribution in [2.45, 2.75) is 40.5 Å². The number of rotatable bonds is 4. The van der Waals surface area contributed by atoms with Crippen LogP contribution in [0, 0.1) is 25.7 Å². The molecule has 0 bridgehead atoms. The van der Waals surface area contributed by atoms with Gasteiger partial charge in [-0.05, 0) is 74.7 Å². The van der Waals surface area contributed by atoms with Crippen LogP contribution in [-0.2, 0) is 7.05 Å². The van der Waals surface area contributed by atoms with Gasteiger partial charge in [0.1, 0.15) is 5.58 Å². The van der Waals surface area contributed by atoms with Gasteiger partial charge in [-0.15, -0.1) is 0 Å². The minimum atomic E-state index is -2.70. The summed E-state index contributed by atoms with van der Waals surface area (Å²) in [5.41, 5.74) is 7.11. The molecule has 0 saturated heterocycles. The van der Waals surface area contributed by atoms with Gasteiger partial charge in [-0.25, -0.2) is 17.9 Å². The fraction of sp³-hybridized carbons (Fsp3) is 0.226. The number of aryl methyl sites for hydroxylation is 2. The second-order valence-electron chi connectivity index (χ2n) is 9.80. The minimum Gasteiger partial charge on any atom is -0.422 e. The first kappa shape index (κ1) is 25.5. The lowest BCUT2D eigenvalue weighted by Crippen LogP contribution is -2.25. The number of hydrogen-bond acceptors (Lipinski definition) is 2. The van der Waals surface area contributed by atoms with Gasteiger partial charge < -0.3 is 8.98 Å². The Balaban J connectivity index is 1.70. The van der Waals surface area contributed by atoms with E-state index in [0.29, 0.717) is 28.1 Å². The van der Waals surface area contributed by atoms with Crippen LogP contribution in [0.25, 0.3) is 28.7 Å². The van der Waals surface area contributed by atoms with Crippen molar-refractivity contribution in [3.8, 4) is 11.8 Å². The second-order valence-corrected chi connectivity index (χ2v) is 9.80. The van der Waals surface area contributed by atoms with Gasteiger partial charge in [0.15, 0.2) is 11.4 Å². The van der Waals surface area contributed by atoms with E-state index in [2.05, 4.69) is 17.9 Å². The predicted molar refractivity (Wildman–Crippen MR) is 151 cm³/mol. The van der Waals surface area contributed by atoms with Crippen LogP contribution < -0.4 is 5.63 Å². The lowest BCUT2D eigenvalue weighted by atomic mass is 9.98. The van der Waals surface area contributed by atoms with Crippen LogP contribution >= 0.6 is 0 Å². The topological polar surface area (TPSA) is 38.1 Å². The monoisotopic (exact) mass is 509 g/mol. The van der Waals surface area contributed by atoms with Gasteiger partial charge in [0.05, 0.1) is 16.8 Å². The lowest BCUT2D eigenvalue weighted by molar-refractivity contribution is -0.343. The highest BCUT2D eigenvalue weighted by Crippen LogP contribution is 2.34. The highest BCUT2D eigenvalue weighted by atomic mass is 19.2. The zero-order valence-electron chi connectivity index (χ0n) is 22.2. The van der Waals surface area contributed by atoms with E-state index in [0.717, 1.165) is 56.4 Å². The summed E-state index contributed by atoms with van der Waals surface area (Å²) < 4.78 is 37.1. The molecule has 5 rings (SSSR count). The lowest BCUT2D eigenvalue weighted by Gasteiger charge is -2.12. The summed E-state index contributed by atoms with van der Waals surface area (Å²) in [7, 11) is -0.789. The normalized spacial score (nSPS) is 17.2. The number of benzene rings is 1. The quantitative estimate of drug-likeness (QED) is 0.223. The first-order valence-corrected chi connectivity index (χ1v) is 12.6. The van der Waals surface area contributed by atoms with Crippen LogP contribution in [0.2, 0.25) is 0 Å². The number of aromatic nitrogens is 1. The number of hydrogen-bond donors (Lipinski definition) is 0. The summed E-state index contributed by atoms with van der Waals surface area (Å²) >= 11 is 0. The van der Waals surface area contributed by atoms with Crippen molar-refractivity contribution in [2.24, 2.45) is 7.05 Å². The smallest absolute Gasteiger partial charge is 0.422 e. The van der Waals surface area contributed by atoms with E-state index in [1.807, 2.05) is 50.6 Å². The molecule has 0 atom stereocenters. The van der Waals surface area contributed by atoms with E-state index in [9.17, 15) is 13.4 Å². The molecule has 0 amide bonds. The van der Waals surface area contributed by atoms with Crippen molar-refractivity contribution in [3.63, 3.8) is 0 Å². The van der Waals surface area contributed by atoms with Gasteiger partial charge in [-0.1, -0.05) is 24.0 Å². The Morgan fingerprint density at radius 2 is 1.95 bits per heavy atom. The summed E-state index contributed by atoms with van der Waals surface area (Å²) in [5.74, 6) is 6.29. The maximum atomic E-state index is 14.2. The average Bonchev–Trinajstić information content (AvgIpc) is 3.28. The van der Waals surface area contributed by atoms with Crippen LogP contribution in [0.1, 0.15) is 60.3 Å². The highest BCUT2D eigenvalue weighted by molar-refractivity contribution is 6.35. The Hall–Kier alpha value is -4.18. The summed E-state index contributed by atoms with van der Waals surface area (Å²) in [6, 6.07) is 7.57. The summed E-state index contributed by atoms with van der Waals surface area (Å²) in [6.07, 6.45) is 11.0. The van der Waals surface area contributed by atoms with Crippen LogP contribution in [0.3, 0.4) is 0 Å². The van der Waals surface area contributed by atoms with E-state index in [1.165, 1.54) is 0 Å². The van der Waals surface area contributed by atoms with E-state index in [1.54, 1.807) is 37.3 Å². The summed E-state index contributed by atoms with van der Waals surface area (Å²) in [6.45, 7) is 7.44. The Morgan fingerprint density at radius 1 is 1.16 bits per heavy atom. The molecule has 0 spiro atoms. The van der Waals surface area contributed by atoms with Crippen molar-refractivity contribution in [2.75, 3.05) is 0 Å². The van der Waals surface area contributed by atoms with Crippen LogP contribution in [-0.4, -0.2) is 22.2 Å². The van der Waals surface area contributed by atoms with Crippen molar-refractivity contribution < 1.29 is 17.5 Å². The molecular formula is C31H28BF2N2O2+. The summed E-state index contributed by atoms with van der Waals surface area (Å²) in [5, 5.41) is 0.769. The minimum absolute atomic E-state index is 0.337. The SMILES string of the molecule is CC1=CC(C)=[N+](B(F)F)/C1=C(/C=C/c1cc2cc3c(cc2oc1=O)C#CCC/C=C\3)c1c(C)cc(C)n1C. The molecule has 3 heterocycles. The molecule has 1 aromatic carbocycles. The molecule has 0 saturated carbocycles. The molecule has 38 heavy (non-hydrogen) atoms. The molecule has 0 N–H and O–H groups in total. The Morgan fingerprint density at radius 3 is 2.66 bits per heavy atom. The molecule has 0 radical (unpaired) electrons. The third-order valence-electron chi connectivity index (χ3n) is 7.11. The molecule has 0 fully saturated rings. The van der Waals surface area contributed by atoms with Crippen molar-refractivity contribution in [1.29, 1.82) is 0 Å². The molecule has 2 aliphatic rings. The fourth-order valence-electron chi connectivity index (χ4n) is 5.25. The first-order valence-electron chi connectivity index (χ1n) is 12.6. The van der Waals surface area contributed by atoms with E-state index >= 15 is 0 Å². The largest absolute Gasteiger partial charge is 0.934 e. The van der Waals surface area contributed by atoms with Gasteiger partial charge in [-0.3, -0.25) is 0 Å². The van der Waals surface area contributed by atoms with Gasteiger partial charge in [0, 0.05) is 48.7 Å². The average molecular weight is 509 g/mol. The van der Waals surface area contributed by atoms with Crippen molar-refractivity contribution >= 4 is 41.8 Å². The van der Waals surface area contributed by atoms with E-state index < -0.39 is 13.0 Å². The summed E-state index contributed by atoms with van der Waals surface area (Å²) in [4.78, 5) is 13.0. The predicted octanol–water partition coefficient (Wildman–Crippen LogP) is 6.69. The number of fused-ring (bicyclic) bond motifs is 2. The zero-order chi connectivity index (χ0) is 27.1. The molecular weight excluding hydrogens is 481 g/mol. The van der Waals surface area contributed by atoms with Gasteiger partial charge in [0.25, 0.3) is 0 Å². The van der Waals surface area contributed by atoms with Crippen LogP contribution in [0.5, 0.6) is 0 Å². The maximum Gasteiger partial charge on any atom is 0.934 e. The second kappa shape index (κ2) is 9.94. The highest BCUT2D eigenvalue weighted by Gasteiger charge is 2.44. The molecule has 3 aromatic rings. The molecule has 7 heteroatoms. The molecule has 2 aromatic heterocycles. The molecule has 1 aliphatic heterocycles. The van der Waals surface area contributed by atoms with Gasteiger partial charge >= 0.3 is 13.0 Å². The fourth-order valence-corrected chi connectivity index (χ4v) is 5.25. The zero-order valence-corrected chi connectivity index (χ0v) is 22.2. The Kier molecular flexibility index (Phi) is 6.67. The standard InChI is InChI=1S/C31H28BF2N2O2/c1-19-14-21(3)35(5)29(19)27(30-20(2)15-22(4)36(30)32(33)34)13-12-25-17-26-16-23-10-8-6-7-9-11-24(23)18-28(26)38-31(25)37/h8,10,12-18H,6-7H2,1-5H3/q+1/b10-8-,13-12+. The third kappa shape index (κ3) is 4.52. The number of halogens is 2. The van der Waals surface area contributed by atoms with Crippen LogP contribution in [0.15, 0.2) is 63.0 Å². The van der Waals surface area contributed by atoms with Crippen molar-refractivity contribution in [3.05, 3.63) is 97.8 Å². The maximum absolute atomic E-state index is 14.2. The number of allylic oxidation sites excluding steroid dienone is 5. The van der Waals surface area contributed by atoms with E-state index in [-0.39, 0.29) is 0 Å². The molecule has 0 unspecified atom stereocenters. The van der Waals surface area contributed by atoms with Crippen LogP contribution in [0.4, 0.5) is 8.63 Å². The van der Waals surface area contributed by atoms with Crippen molar-refractivity contribution in [1.82, 2.24) is 4.57 Å². The van der Waals surface area contributed by atoms with E-state index in [4.69, 9.17) is 4.42 Å². The van der Waals surface area contributed by atoms with Gasteiger partial charge in [-0.2, -0.15) is 0 Å². The Labute approximate surface area is 221 Å². The third-order valence-corrected chi connectivity index (χ3v) is 7.11.